The first-order valence-electron chi connectivity index (χ1n) is 8.13. The van der Waals surface area contributed by atoms with Gasteiger partial charge in [-0.2, -0.15) is 5.32 Å². The second-order valence-corrected chi connectivity index (χ2v) is 6.20. The lowest BCUT2D eigenvalue weighted by molar-refractivity contribution is 0.255. The molecule has 1 heterocycles. The summed E-state index contributed by atoms with van der Waals surface area (Å²) < 4.78 is 5.91. The number of fused-ring (bicyclic) bond motifs is 1. The van der Waals surface area contributed by atoms with Crippen molar-refractivity contribution < 1.29 is 9.53 Å². The lowest BCUT2D eigenvalue weighted by Gasteiger charge is -2.13. The minimum Gasteiger partial charge on any atom is -0.491 e. The molecule has 0 saturated heterocycles. The predicted molar refractivity (Wildman–Crippen MR) is 95.2 cm³/mol. The molecule has 1 aliphatic heterocycles. The molecule has 0 aliphatic carbocycles. The molecule has 125 valence electrons. The molecule has 5 heteroatoms. The van der Waals surface area contributed by atoms with E-state index in [0.29, 0.717) is 18.0 Å². The van der Waals surface area contributed by atoms with Crippen LogP contribution < -0.4 is 15.4 Å². The Hall–Kier alpha value is -2.53. The molecule has 0 fully saturated rings. The zero-order chi connectivity index (χ0) is 16.9. The Morgan fingerprint density at radius 2 is 1.92 bits per heavy atom. The summed E-state index contributed by atoms with van der Waals surface area (Å²) in [6.45, 7) is 1.56. The third-order valence-electron chi connectivity index (χ3n) is 3.85. The molecule has 2 aromatic carbocycles. The SMILES string of the molecule is CN(C)CCCOc1cc(Cc2ccccc2)cc2c1[N]C(=O)N2. The molecular formula is C19H22N3O2. The van der Waals surface area contributed by atoms with Crippen molar-refractivity contribution in [3.8, 4) is 5.75 Å². The molecule has 2 aromatic rings. The van der Waals surface area contributed by atoms with Crippen molar-refractivity contribution in [1.82, 2.24) is 10.2 Å². The Morgan fingerprint density at radius 1 is 1.12 bits per heavy atom. The topological polar surface area (TPSA) is 55.7 Å². The Morgan fingerprint density at radius 3 is 2.67 bits per heavy atom. The molecule has 2 amide bonds. The Labute approximate surface area is 142 Å². The predicted octanol–water partition coefficient (Wildman–Crippen LogP) is 3.39. The van der Waals surface area contributed by atoms with Crippen molar-refractivity contribution in [2.45, 2.75) is 12.8 Å². The van der Waals surface area contributed by atoms with Gasteiger partial charge < -0.3 is 15.0 Å². The summed E-state index contributed by atoms with van der Waals surface area (Å²) >= 11 is 0. The molecule has 3 rings (SSSR count). The van der Waals surface area contributed by atoms with Gasteiger partial charge in [-0.25, -0.2) is 4.79 Å². The summed E-state index contributed by atoms with van der Waals surface area (Å²) in [4.78, 5) is 13.7. The number of urea groups is 1. The highest BCUT2D eigenvalue weighted by atomic mass is 16.5. The van der Waals surface area contributed by atoms with E-state index in [4.69, 9.17) is 4.74 Å². The Kier molecular flexibility index (Phi) is 5.01. The molecule has 5 nitrogen and oxygen atoms in total. The molecule has 1 radical (unpaired) electrons. The number of benzene rings is 2. The molecule has 24 heavy (non-hydrogen) atoms. The van der Waals surface area contributed by atoms with Crippen LogP contribution in [0.25, 0.3) is 0 Å². The average Bonchev–Trinajstić information content (AvgIpc) is 2.92. The van der Waals surface area contributed by atoms with Crippen LogP contribution >= 0.6 is 0 Å². The summed E-state index contributed by atoms with van der Waals surface area (Å²) in [5.41, 5.74) is 3.66. The molecule has 0 bridgehead atoms. The normalized spacial score (nSPS) is 12.7. The van der Waals surface area contributed by atoms with E-state index in [1.807, 2.05) is 44.4 Å². The summed E-state index contributed by atoms with van der Waals surface area (Å²) in [6.07, 6.45) is 1.71. The maximum absolute atomic E-state index is 11.6. The van der Waals surface area contributed by atoms with Crippen molar-refractivity contribution in [3.63, 3.8) is 0 Å². The lowest BCUT2D eigenvalue weighted by atomic mass is 10.0. The molecule has 0 atom stereocenters. The highest BCUT2D eigenvalue weighted by Gasteiger charge is 2.24. The fraction of sp³-hybridized carbons (Fsp3) is 0.316. The average molecular weight is 324 g/mol. The summed E-state index contributed by atoms with van der Waals surface area (Å²) in [5, 5.41) is 6.81. The van der Waals surface area contributed by atoms with Crippen LogP contribution in [-0.2, 0) is 6.42 Å². The monoisotopic (exact) mass is 324 g/mol. The van der Waals surface area contributed by atoms with Crippen molar-refractivity contribution in [2.24, 2.45) is 0 Å². The van der Waals surface area contributed by atoms with Gasteiger partial charge in [0.25, 0.3) is 0 Å². The fourth-order valence-corrected chi connectivity index (χ4v) is 2.73. The molecule has 0 unspecified atom stereocenters. The number of carbonyl (C=O) groups excluding carboxylic acids is 1. The zero-order valence-corrected chi connectivity index (χ0v) is 14.1. The van der Waals surface area contributed by atoms with Gasteiger partial charge in [0.15, 0.2) is 0 Å². The van der Waals surface area contributed by atoms with Crippen LogP contribution in [0, 0.1) is 0 Å². The number of anilines is 1. The number of ether oxygens (including phenoxy) is 1. The second kappa shape index (κ2) is 7.36. The largest absolute Gasteiger partial charge is 0.491 e. The van der Waals surface area contributed by atoms with Crippen LogP contribution in [-0.4, -0.2) is 38.2 Å². The van der Waals surface area contributed by atoms with Gasteiger partial charge in [0.1, 0.15) is 11.4 Å². The van der Waals surface area contributed by atoms with Gasteiger partial charge in [0.05, 0.1) is 12.3 Å². The van der Waals surface area contributed by atoms with E-state index in [0.717, 1.165) is 30.6 Å². The number of amides is 2. The molecule has 0 saturated carbocycles. The van der Waals surface area contributed by atoms with E-state index < -0.39 is 0 Å². The minimum atomic E-state index is -0.333. The van der Waals surface area contributed by atoms with E-state index in [1.54, 1.807) is 0 Å². The first-order chi connectivity index (χ1) is 11.6. The lowest BCUT2D eigenvalue weighted by Crippen LogP contribution is -2.15. The highest BCUT2D eigenvalue weighted by Crippen LogP contribution is 2.38. The number of carbonyl (C=O) groups is 1. The van der Waals surface area contributed by atoms with Gasteiger partial charge in [-0.1, -0.05) is 30.3 Å². The van der Waals surface area contributed by atoms with Gasteiger partial charge in [0, 0.05) is 6.54 Å². The number of hydrogen-bond acceptors (Lipinski definition) is 3. The minimum absolute atomic E-state index is 0.333. The number of nitrogens with one attached hydrogen (secondary N) is 1. The number of rotatable bonds is 7. The number of hydrogen-bond donors (Lipinski definition) is 1. The molecule has 0 spiro atoms. The van der Waals surface area contributed by atoms with Gasteiger partial charge in [-0.3, -0.25) is 0 Å². The molecular weight excluding hydrogens is 302 g/mol. The van der Waals surface area contributed by atoms with Gasteiger partial charge in [-0.05, 0) is 50.2 Å². The van der Waals surface area contributed by atoms with Crippen molar-refractivity contribution in [3.05, 3.63) is 53.6 Å². The Balaban J connectivity index is 1.77. The molecule has 0 aromatic heterocycles. The first kappa shape index (κ1) is 16.3. The maximum Gasteiger partial charge on any atom is 0.346 e. The Bertz CT molecular complexity index is 714. The van der Waals surface area contributed by atoms with Crippen molar-refractivity contribution in [1.29, 1.82) is 0 Å². The second-order valence-electron chi connectivity index (χ2n) is 6.20. The van der Waals surface area contributed by atoms with Crippen LogP contribution in [0.15, 0.2) is 42.5 Å². The van der Waals surface area contributed by atoms with Crippen LogP contribution in [0.3, 0.4) is 0 Å². The number of nitrogens with zero attached hydrogens (tertiary/aromatic N) is 2. The van der Waals surface area contributed by atoms with E-state index >= 15 is 0 Å². The van der Waals surface area contributed by atoms with Gasteiger partial charge in [-0.15, -0.1) is 0 Å². The standard InChI is InChI=1S/C19H22N3O2/c1-22(2)9-6-10-24-17-13-15(11-14-7-4-3-5-8-14)12-16-18(17)21-19(23)20-16/h3-5,7-8,12-13H,6,9-11H2,1-2H3,(H,20,23). The van der Waals surface area contributed by atoms with Crippen LogP contribution in [0.1, 0.15) is 17.5 Å². The van der Waals surface area contributed by atoms with E-state index in [-0.39, 0.29) is 6.03 Å². The van der Waals surface area contributed by atoms with Crippen molar-refractivity contribution >= 4 is 17.4 Å². The van der Waals surface area contributed by atoms with Crippen LogP contribution in [0.2, 0.25) is 0 Å². The summed E-state index contributed by atoms with van der Waals surface area (Å²) in [6, 6.07) is 13.9. The van der Waals surface area contributed by atoms with Crippen molar-refractivity contribution in [2.75, 3.05) is 32.6 Å². The molecule has 1 aliphatic rings. The third kappa shape index (κ3) is 4.06. The highest BCUT2D eigenvalue weighted by molar-refractivity contribution is 6.04. The van der Waals surface area contributed by atoms with Gasteiger partial charge in [0.2, 0.25) is 0 Å². The maximum atomic E-state index is 11.6. The smallest absolute Gasteiger partial charge is 0.346 e. The summed E-state index contributed by atoms with van der Waals surface area (Å²) in [7, 11) is 4.08. The molecule has 1 N–H and O–H groups in total. The summed E-state index contributed by atoms with van der Waals surface area (Å²) in [5.74, 6) is 0.676. The van der Waals surface area contributed by atoms with Crippen LogP contribution in [0.4, 0.5) is 16.2 Å². The van der Waals surface area contributed by atoms with E-state index in [9.17, 15) is 4.79 Å². The quantitative estimate of drug-likeness (QED) is 0.794. The van der Waals surface area contributed by atoms with Crippen LogP contribution in [0.5, 0.6) is 5.75 Å². The zero-order valence-electron chi connectivity index (χ0n) is 14.1. The first-order valence-corrected chi connectivity index (χ1v) is 8.13. The third-order valence-corrected chi connectivity index (χ3v) is 3.85. The van der Waals surface area contributed by atoms with Gasteiger partial charge >= 0.3 is 6.03 Å². The van der Waals surface area contributed by atoms with E-state index in [2.05, 4.69) is 27.7 Å². The fourth-order valence-electron chi connectivity index (χ4n) is 2.73. The van der Waals surface area contributed by atoms with E-state index in [1.165, 1.54) is 5.56 Å².